The van der Waals surface area contributed by atoms with E-state index in [0.717, 1.165) is 193 Å². The number of phosphoric acid groups is 2. The quantitative estimate of drug-likeness (QED) is 0.0169. The van der Waals surface area contributed by atoms with Crippen molar-refractivity contribution in [1.29, 1.82) is 0 Å². The lowest BCUT2D eigenvalue weighted by atomic mass is 10.0. The van der Waals surface area contributed by atoms with Crippen LogP contribution in [0.3, 0.4) is 0 Å². The highest BCUT2D eigenvalue weighted by Crippen LogP contribution is 2.45. The highest BCUT2D eigenvalue weighted by atomic mass is 31.2. The molecular weight excluding hydrogens is 1400 g/mol. The van der Waals surface area contributed by atoms with E-state index in [0.29, 0.717) is 25.7 Å². The number of aliphatic hydroxyl groups excluding tert-OH is 1. The lowest BCUT2D eigenvalue weighted by molar-refractivity contribution is -0.161. The van der Waals surface area contributed by atoms with E-state index in [1.165, 1.54) is 51.4 Å². The normalized spacial score (nSPS) is 14.6. The summed E-state index contributed by atoms with van der Waals surface area (Å²) in [5.74, 6) is -2.26. The topological polar surface area (TPSA) is 237 Å². The summed E-state index contributed by atoms with van der Waals surface area (Å²) < 4.78 is 68.7. The van der Waals surface area contributed by atoms with Gasteiger partial charge in [-0.25, -0.2) is 9.13 Å². The fourth-order valence-corrected chi connectivity index (χ4v) is 12.3. The van der Waals surface area contributed by atoms with E-state index < -0.39 is 97.5 Å². The summed E-state index contributed by atoms with van der Waals surface area (Å²) in [4.78, 5) is 73.2. The zero-order valence-corrected chi connectivity index (χ0v) is 69.3. The lowest BCUT2D eigenvalue weighted by Crippen LogP contribution is -2.30. The molecule has 0 aromatic heterocycles. The summed E-state index contributed by atoms with van der Waals surface area (Å²) >= 11 is 0. The highest BCUT2D eigenvalue weighted by molar-refractivity contribution is 7.47. The number of ether oxygens (including phenoxy) is 4. The smallest absolute Gasteiger partial charge is 0.462 e. The second kappa shape index (κ2) is 79.8. The van der Waals surface area contributed by atoms with Crippen LogP contribution in [0.4, 0.5) is 0 Å². The first kappa shape index (κ1) is 103. The van der Waals surface area contributed by atoms with Crippen LogP contribution in [0.5, 0.6) is 0 Å². The molecule has 108 heavy (non-hydrogen) atoms. The summed E-state index contributed by atoms with van der Waals surface area (Å²) in [5, 5.41) is 10.7. The van der Waals surface area contributed by atoms with Crippen LogP contribution in [0.15, 0.2) is 158 Å². The summed E-state index contributed by atoms with van der Waals surface area (Å²) in [6.07, 6.45) is 93.5. The predicted octanol–water partition coefficient (Wildman–Crippen LogP) is 24.8. The zero-order chi connectivity index (χ0) is 78.9. The fourth-order valence-electron chi connectivity index (χ4n) is 10.8. The molecule has 0 fully saturated rings. The van der Waals surface area contributed by atoms with E-state index in [4.69, 9.17) is 37.0 Å². The first-order valence-corrected chi connectivity index (χ1v) is 44.7. The van der Waals surface area contributed by atoms with Crippen LogP contribution in [0.25, 0.3) is 0 Å². The van der Waals surface area contributed by atoms with Crippen molar-refractivity contribution in [3.63, 3.8) is 0 Å². The molecule has 0 saturated carbocycles. The molecule has 0 radical (unpaired) electrons. The molecule has 19 heteroatoms. The second-order valence-electron chi connectivity index (χ2n) is 27.3. The van der Waals surface area contributed by atoms with Gasteiger partial charge in [0.15, 0.2) is 12.2 Å². The number of esters is 4. The van der Waals surface area contributed by atoms with Gasteiger partial charge in [0.05, 0.1) is 26.4 Å². The van der Waals surface area contributed by atoms with Gasteiger partial charge in [-0.2, -0.15) is 0 Å². The SMILES string of the molecule is CC/C=C\C/C=C\C/C=C\C/C=C\C/C=C\CCCCCC(=O)OCC(COP(=O)(O)OCC(O)COP(=O)(O)OCC(COC(=O)CCCCCCCCC/C=C\C/C=C\C/C=C\CC)OC(=O)CCCCCCCCCCCCCCC)OC(=O)CCCCC/C=C\C/C=C\C/C=C\C/C=C\C/C=C\CC. The fraction of sp³-hybridized carbons (Fsp3) is 0.663. The highest BCUT2D eigenvalue weighted by Gasteiger charge is 2.30. The monoisotopic (exact) mass is 1550 g/mol. The summed E-state index contributed by atoms with van der Waals surface area (Å²) in [6, 6.07) is 0. The van der Waals surface area contributed by atoms with Gasteiger partial charge in [-0.15, -0.1) is 0 Å². The number of phosphoric ester groups is 2. The van der Waals surface area contributed by atoms with Crippen molar-refractivity contribution in [2.24, 2.45) is 0 Å². The van der Waals surface area contributed by atoms with Crippen molar-refractivity contribution in [2.45, 2.75) is 341 Å². The van der Waals surface area contributed by atoms with Crippen LogP contribution in [0.1, 0.15) is 323 Å². The van der Waals surface area contributed by atoms with Gasteiger partial charge in [-0.3, -0.25) is 37.3 Å². The average Bonchev–Trinajstić information content (AvgIpc) is 0.892. The van der Waals surface area contributed by atoms with E-state index in [1.54, 1.807) is 0 Å². The number of unbranched alkanes of at least 4 members (excludes halogenated alkanes) is 25. The maximum absolute atomic E-state index is 13.1. The number of carbonyl (C=O) groups excluding carboxylic acids is 4. The van der Waals surface area contributed by atoms with Crippen molar-refractivity contribution in [2.75, 3.05) is 39.6 Å². The molecule has 0 bridgehead atoms. The molecule has 0 aliphatic carbocycles. The average molecular weight is 1550 g/mol. The Bertz CT molecular complexity index is 2660. The molecule has 616 valence electrons. The van der Waals surface area contributed by atoms with E-state index >= 15 is 0 Å². The molecule has 5 atom stereocenters. The van der Waals surface area contributed by atoms with E-state index in [-0.39, 0.29) is 25.7 Å². The Kier molecular flexibility index (Phi) is 75.8. The lowest BCUT2D eigenvalue weighted by Gasteiger charge is -2.21. The molecular formula is C89H148O17P2. The van der Waals surface area contributed by atoms with Gasteiger partial charge in [0, 0.05) is 25.7 Å². The molecule has 0 aliphatic rings. The molecule has 5 unspecified atom stereocenters. The molecule has 3 N–H and O–H groups in total. The largest absolute Gasteiger partial charge is 0.472 e. The van der Waals surface area contributed by atoms with Gasteiger partial charge >= 0.3 is 39.5 Å². The van der Waals surface area contributed by atoms with Crippen LogP contribution in [-0.4, -0.2) is 96.7 Å². The van der Waals surface area contributed by atoms with Crippen LogP contribution in [-0.2, 0) is 65.4 Å². The third kappa shape index (κ3) is 78.8. The maximum Gasteiger partial charge on any atom is 0.472 e. The third-order valence-electron chi connectivity index (χ3n) is 17.0. The Labute approximate surface area is 655 Å². The van der Waals surface area contributed by atoms with Crippen LogP contribution < -0.4 is 0 Å². The molecule has 0 spiro atoms. The van der Waals surface area contributed by atoms with Crippen LogP contribution >= 0.6 is 15.6 Å². The number of aliphatic hydroxyl groups is 1. The molecule has 0 saturated heterocycles. The summed E-state index contributed by atoms with van der Waals surface area (Å²) in [6.45, 7) is 4.47. The number of rotatable bonds is 77. The number of hydrogen-bond acceptors (Lipinski definition) is 15. The van der Waals surface area contributed by atoms with Crippen molar-refractivity contribution >= 4 is 39.5 Å². The Morgan fingerprint density at radius 2 is 0.481 bits per heavy atom. The molecule has 0 aromatic carbocycles. The standard InChI is InChI=1S/C89H148O17P2/c1-5-9-13-17-21-25-29-33-36-39-41-44-47-51-54-58-62-66-70-74-87(92)100-80-85(106-89(94)76-72-68-64-60-56-52-48-45-42-40-37-34-30-26-22-18-14-10-6-2)82-104-108(97,98)102-78-83(90)77-101-107(95,96)103-81-84(105-88(93)75-71-67-63-59-55-49-32-28-24-20-16-12-8-4)79-99-86(91)73-69-65-61-57-53-50-46-43-38-35-31-27-23-19-15-11-7-3/h9-11,13-15,21-23,25-27,33-38,41-42,44-45,51-52,54,56,83-85,90H,5-8,12,16-20,24,28-32,39-40,43,46-50,53,55,57-82H2,1-4H3,(H,95,96)(H,97,98)/b13-9-,14-10-,15-11-,25-21-,26-22-,27-23-,36-33-,37-34-,38-35-,44-41-,45-42-,54-51-,56-52-. The molecule has 17 nitrogen and oxygen atoms in total. The van der Waals surface area contributed by atoms with Crippen LogP contribution in [0.2, 0.25) is 0 Å². The van der Waals surface area contributed by atoms with Gasteiger partial charge in [0.25, 0.3) is 0 Å². The zero-order valence-electron chi connectivity index (χ0n) is 67.5. The Morgan fingerprint density at radius 3 is 0.750 bits per heavy atom. The molecule has 0 heterocycles. The second-order valence-corrected chi connectivity index (χ2v) is 30.2. The molecule has 0 rings (SSSR count). The molecule has 0 aliphatic heterocycles. The van der Waals surface area contributed by atoms with E-state index in [2.05, 4.69) is 186 Å². The van der Waals surface area contributed by atoms with Gasteiger partial charge < -0.3 is 33.8 Å². The van der Waals surface area contributed by atoms with Crippen molar-refractivity contribution in [1.82, 2.24) is 0 Å². The minimum Gasteiger partial charge on any atom is -0.462 e. The first-order valence-electron chi connectivity index (χ1n) is 41.7. The van der Waals surface area contributed by atoms with E-state index in [9.17, 15) is 43.2 Å². The Hall–Kier alpha value is -5.32. The Morgan fingerprint density at radius 1 is 0.269 bits per heavy atom. The number of allylic oxidation sites excluding steroid dienone is 26. The minimum absolute atomic E-state index is 0.0431. The van der Waals surface area contributed by atoms with Crippen molar-refractivity contribution in [3.05, 3.63) is 158 Å². The summed E-state index contributed by atoms with van der Waals surface area (Å²) in [5.41, 5.74) is 0. The summed E-state index contributed by atoms with van der Waals surface area (Å²) in [7, 11) is -9.99. The van der Waals surface area contributed by atoms with Gasteiger partial charge in [0.1, 0.15) is 19.3 Å². The van der Waals surface area contributed by atoms with Crippen molar-refractivity contribution < 1.29 is 80.2 Å². The number of carbonyl (C=O) groups is 4. The van der Waals surface area contributed by atoms with Crippen molar-refractivity contribution in [3.8, 4) is 0 Å². The third-order valence-corrected chi connectivity index (χ3v) is 18.9. The minimum atomic E-state index is -5.00. The predicted molar refractivity (Wildman–Crippen MR) is 445 cm³/mol. The first-order chi connectivity index (χ1) is 52.7. The Balaban J connectivity index is 5.44. The number of hydrogen-bond donors (Lipinski definition) is 3. The molecule has 0 aromatic rings. The van der Waals surface area contributed by atoms with Crippen LogP contribution in [0, 0.1) is 0 Å². The van der Waals surface area contributed by atoms with Gasteiger partial charge in [-0.1, -0.05) is 308 Å². The molecule has 0 amide bonds. The van der Waals surface area contributed by atoms with E-state index in [1.807, 2.05) is 0 Å². The van der Waals surface area contributed by atoms with Gasteiger partial charge in [0.2, 0.25) is 0 Å². The maximum atomic E-state index is 13.1. The van der Waals surface area contributed by atoms with Gasteiger partial charge in [-0.05, 0) is 148 Å².